The Hall–Kier alpha value is -0.890. The number of hydrogen-bond donors (Lipinski definition) is 1. The number of carboxylic acid groups (broad SMARTS) is 1. The maximum atomic E-state index is 13.6. The smallest absolute Gasteiger partial charge is 0.318 e. The summed E-state index contributed by atoms with van der Waals surface area (Å²) in [6.07, 6.45) is 0.403. The van der Waals surface area contributed by atoms with Gasteiger partial charge in [0, 0.05) is 6.54 Å². The fourth-order valence-corrected chi connectivity index (χ4v) is 3.73. The molecule has 0 fully saturated rings. The van der Waals surface area contributed by atoms with Crippen molar-refractivity contribution in [3.8, 4) is 0 Å². The van der Waals surface area contributed by atoms with Gasteiger partial charge in [0.1, 0.15) is 11.4 Å². The van der Waals surface area contributed by atoms with Crippen LogP contribution >= 0.6 is 23.2 Å². The summed E-state index contributed by atoms with van der Waals surface area (Å²) < 4.78 is 38.9. The molecule has 0 saturated carbocycles. The average Bonchev–Trinajstić information content (AvgIpc) is 2.34. The lowest BCUT2D eigenvalue weighted by atomic mass is 10.3. The molecule has 20 heavy (non-hydrogen) atoms. The van der Waals surface area contributed by atoms with E-state index in [1.54, 1.807) is 6.92 Å². The van der Waals surface area contributed by atoms with E-state index in [0.717, 1.165) is 16.4 Å². The summed E-state index contributed by atoms with van der Waals surface area (Å²) in [5, 5.41) is 7.79. The van der Waals surface area contributed by atoms with Gasteiger partial charge >= 0.3 is 5.97 Å². The molecule has 112 valence electrons. The van der Waals surface area contributed by atoms with E-state index in [2.05, 4.69) is 0 Å². The summed E-state index contributed by atoms with van der Waals surface area (Å²) >= 11 is 11.2. The standard InChI is InChI=1S/C11H12Cl2FNO4S/c1-2-5-15(6-9(16)17)20(18,19)8-4-3-7(12)11(14)10(8)13/h3-4H,2,5-6H2,1H3,(H,16,17). The Morgan fingerprint density at radius 1 is 1.40 bits per heavy atom. The molecule has 1 rings (SSSR count). The number of carboxylic acids is 1. The van der Waals surface area contributed by atoms with Gasteiger partial charge in [-0.15, -0.1) is 0 Å². The van der Waals surface area contributed by atoms with Crippen LogP contribution in [0, 0.1) is 5.82 Å². The van der Waals surface area contributed by atoms with Gasteiger partial charge in [0.2, 0.25) is 10.0 Å². The molecule has 9 heteroatoms. The van der Waals surface area contributed by atoms with Crippen molar-refractivity contribution in [2.45, 2.75) is 18.2 Å². The molecule has 0 unspecified atom stereocenters. The van der Waals surface area contributed by atoms with Gasteiger partial charge in [-0.2, -0.15) is 4.31 Å². The predicted molar refractivity (Wildman–Crippen MR) is 73.1 cm³/mol. The minimum absolute atomic E-state index is 0.0186. The topological polar surface area (TPSA) is 74.7 Å². The molecule has 0 aliphatic carbocycles. The maximum absolute atomic E-state index is 13.6. The lowest BCUT2D eigenvalue weighted by Crippen LogP contribution is -2.36. The van der Waals surface area contributed by atoms with Crippen LogP contribution < -0.4 is 0 Å². The van der Waals surface area contributed by atoms with E-state index in [4.69, 9.17) is 28.3 Å². The highest BCUT2D eigenvalue weighted by molar-refractivity contribution is 7.89. The number of sulfonamides is 1. The summed E-state index contributed by atoms with van der Waals surface area (Å²) in [5.74, 6) is -2.37. The maximum Gasteiger partial charge on any atom is 0.318 e. The van der Waals surface area contributed by atoms with Crippen LogP contribution in [0.1, 0.15) is 13.3 Å². The Morgan fingerprint density at radius 3 is 2.50 bits per heavy atom. The van der Waals surface area contributed by atoms with Crippen LogP contribution in [-0.2, 0) is 14.8 Å². The second-order valence-corrected chi connectivity index (χ2v) is 6.60. The zero-order valence-electron chi connectivity index (χ0n) is 10.4. The van der Waals surface area contributed by atoms with Crippen LogP contribution in [0.5, 0.6) is 0 Å². The number of carbonyl (C=O) groups is 1. The fourth-order valence-electron chi connectivity index (χ4n) is 1.53. The molecule has 0 heterocycles. The Balaban J connectivity index is 3.33. The zero-order valence-corrected chi connectivity index (χ0v) is 12.8. The second-order valence-electron chi connectivity index (χ2n) is 3.91. The number of hydrogen-bond acceptors (Lipinski definition) is 3. The van der Waals surface area contributed by atoms with Crippen molar-refractivity contribution in [3.05, 3.63) is 28.0 Å². The van der Waals surface area contributed by atoms with Crippen molar-refractivity contribution in [1.29, 1.82) is 0 Å². The van der Waals surface area contributed by atoms with Crippen LogP contribution in [0.4, 0.5) is 4.39 Å². The molecule has 0 radical (unpaired) electrons. The Bertz CT molecular complexity index is 621. The van der Waals surface area contributed by atoms with Crippen LogP contribution in [0.25, 0.3) is 0 Å². The van der Waals surface area contributed by atoms with Crippen LogP contribution in [0.15, 0.2) is 17.0 Å². The van der Waals surface area contributed by atoms with Crippen molar-refractivity contribution < 1.29 is 22.7 Å². The van der Waals surface area contributed by atoms with Crippen molar-refractivity contribution in [2.75, 3.05) is 13.1 Å². The molecule has 0 spiro atoms. The molecule has 1 N–H and O–H groups in total. The third kappa shape index (κ3) is 3.60. The van der Waals surface area contributed by atoms with E-state index in [1.165, 1.54) is 0 Å². The van der Waals surface area contributed by atoms with Crippen molar-refractivity contribution >= 4 is 39.2 Å². The summed E-state index contributed by atoms with van der Waals surface area (Å²) in [6, 6.07) is 2.11. The first-order chi connectivity index (χ1) is 9.21. The van der Waals surface area contributed by atoms with E-state index in [9.17, 15) is 17.6 Å². The molecule has 1 aromatic carbocycles. The highest BCUT2D eigenvalue weighted by atomic mass is 35.5. The molecule has 5 nitrogen and oxygen atoms in total. The normalized spacial score (nSPS) is 11.8. The van der Waals surface area contributed by atoms with E-state index in [-0.39, 0.29) is 11.6 Å². The van der Waals surface area contributed by atoms with Gasteiger partial charge in [-0.05, 0) is 18.6 Å². The summed E-state index contributed by atoms with van der Waals surface area (Å²) in [7, 11) is -4.21. The summed E-state index contributed by atoms with van der Waals surface area (Å²) in [6.45, 7) is 0.945. The molecular formula is C11H12Cl2FNO4S. The van der Waals surface area contributed by atoms with Gasteiger partial charge in [-0.25, -0.2) is 12.8 Å². The van der Waals surface area contributed by atoms with Crippen molar-refractivity contribution in [2.24, 2.45) is 0 Å². The summed E-state index contributed by atoms with van der Waals surface area (Å²) in [4.78, 5) is 10.2. The molecule has 1 aromatic rings. The number of aliphatic carboxylic acids is 1. The number of nitrogens with zero attached hydrogens (tertiary/aromatic N) is 1. The largest absolute Gasteiger partial charge is 0.480 e. The van der Waals surface area contributed by atoms with Crippen molar-refractivity contribution in [3.63, 3.8) is 0 Å². The Kier molecular flexibility index (Phi) is 5.76. The average molecular weight is 344 g/mol. The lowest BCUT2D eigenvalue weighted by molar-refractivity contribution is -0.137. The zero-order chi connectivity index (χ0) is 15.5. The number of benzene rings is 1. The molecule has 0 bridgehead atoms. The van der Waals surface area contributed by atoms with Gasteiger partial charge < -0.3 is 5.11 Å². The minimum Gasteiger partial charge on any atom is -0.480 e. The second kappa shape index (κ2) is 6.71. The van der Waals surface area contributed by atoms with Gasteiger partial charge in [0.25, 0.3) is 0 Å². The summed E-state index contributed by atoms with van der Waals surface area (Å²) in [5.41, 5.74) is 0. The molecular weight excluding hydrogens is 332 g/mol. The van der Waals surface area contributed by atoms with Crippen LogP contribution in [0.3, 0.4) is 0 Å². The first kappa shape index (κ1) is 17.2. The Labute approximate surface area is 126 Å². The first-order valence-electron chi connectivity index (χ1n) is 5.57. The lowest BCUT2D eigenvalue weighted by Gasteiger charge is -2.20. The van der Waals surface area contributed by atoms with Gasteiger partial charge in [-0.3, -0.25) is 4.79 Å². The Morgan fingerprint density at radius 2 is 2.00 bits per heavy atom. The minimum atomic E-state index is -4.21. The van der Waals surface area contributed by atoms with Gasteiger partial charge in [0.05, 0.1) is 10.0 Å². The monoisotopic (exact) mass is 343 g/mol. The molecule has 0 amide bonds. The van der Waals surface area contributed by atoms with Crippen molar-refractivity contribution in [1.82, 2.24) is 4.31 Å². The van der Waals surface area contributed by atoms with Crippen LogP contribution in [0.2, 0.25) is 10.0 Å². The third-order valence-corrected chi connectivity index (χ3v) is 5.06. The van der Waals surface area contributed by atoms with E-state index < -0.39 is 38.3 Å². The molecule has 0 aliphatic rings. The highest BCUT2D eigenvalue weighted by Crippen LogP contribution is 2.31. The number of halogens is 3. The van der Waals surface area contributed by atoms with Crippen LogP contribution in [-0.4, -0.2) is 36.9 Å². The van der Waals surface area contributed by atoms with Gasteiger partial charge in [-0.1, -0.05) is 30.1 Å². The molecule has 0 saturated heterocycles. The quantitative estimate of drug-likeness (QED) is 0.805. The molecule has 0 aliphatic heterocycles. The molecule has 0 aromatic heterocycles. The van der Waals surface area contributed by atoms with Gasteiger partial charge in [0.15, 0.2) is 5.82 Å². The van der Waals surface area contributed by atoms with E-state index in [1.807, 2.05) is 0 Å². The third-order valence-electron chi connectivity index (χ3n) is 2.40. The first-order valence-corrected chi connectivity index (χ1v) is 7.76. The molecule has 0 atom stereocenters. The number of rotatable bonds is 6. The SMILES string of the molecule is CCCN(CC(=O)O)S(=O)(=O)c1ccc(Cl)c(F)c1Cl. The predicted octanol–water partition coefficient (Wildman–Crippen LogP) is 2.62. The highest BCUT2D eigenvalue weighted by Gasteiger charge is 2.29. The van der Waals surface area contributed by atoms with E-state index >= 15 is 0 Å². The van der Waals surface area contributed by atoms with E-state index in [0.29, 0.717) is 6.42 Å². The fraction of sp³-hybridized carbons (Fsp3) is 0.364.